The third kappa shape index (κ3) is 5.05. The molecule has 6 nitrogen and oxygen atoms in total. The topological polar surface area (TPSA) is 92.7 Å². The number of hydrogen-bond donors (Lipinski definition) is 1. The van der Waals surface area contributed by atoms with Gasteiger partial charge in [-0.1, -0.05) is 36.4 Å². The molecule has 0 aliphatic rings. The fraction of sp³-hybridized carbons (Fsp3) is 0.130. The zero-order valence-electron chi connectivity index (χ0n) is 15.8. The molecule has 0 spiro atoms. The molecule has 0 atom stereocenters. The molecule has 29 heavy (non-hydrogen) atoms. The molecule has 3 aromatic rings. The SMILES string of the molecule is CCOc1cc(C=C(C#N)c2ccccc2)ccc1OCc1ccc(C(=O)O)o1. The first-order chi connectivity index (χ1) is 14.1. The van der Waals surface area contributed by atoms with Gasteiger partial charge in [-0.15, -0.1) is 0 Å². The van der Waals surface area contributed by atoms with Crippen molar-refractivity contribution in [1.29, 1.82) is 5.26 Å². The summed E-state index contributed by atoms with van der Waals surface area (Å²) in [6.45, 7) is 2.37. The van der Waals surface area contributed by atoms with Crippen LogP contribution in [0.5, 0.6) is 11.5 Å². The van der Waals surface area contributed by atoms with Gasteiger partial charge >= 0.3 is 5.97 Å². The number of ether oxygens (including phenoxy) is 2. The molecule has 6 heteroatoms. The predicted molar refractivity (Wildman–Crippen MR) is 108 cm³/mol. The van der Waals surface area contributed by atoms with Crippen LogP contribution in [0.1, 0.15) is 34.4 Å². The first kappa shape index (κ1) is 19.8. The molecule has 1 aromatic heterocycles. The van der Waals surface area contributed by atoms with Crippen molar-refractivity contribution < 1.29 is 23.8 Å². The summed E-state index contributed by atoms with van der Waals surface area (Å²) in [5.41, 5.74) is 2.17. The normalized spacial score (nSPS) is 11.0. The summed E-state index contributed by atoms with van der Waals surface area (Å²) in [6.07, 6.45) is 1.79. The van der Waals surface area contributed by atoms with Crippen molar-refractivity contribution in [1.82, 2.24) is 0 Å². The first-order valence-corrected chi connectivity index (χ1v) is 8.99. The van der Waals surface area contributed by atoms with Gasteiger partial charge in [-0.2, -0.15) is 5.26 Å². The lowest BCUT2D eigenvalue weighted by Crippen LogP contribution is -1.99. The van der Waals surface area contributed by atoms with Crippen molar-refractivity contribution in [2.24, 2.45) is 0 Å². The second-order valence-electron chi connectivity index (χ2n) is 6.03. The number of nitriles is 1. The molecule has 0 saturated heterocycles. The fourth-order valence-electron chi connectivity index (χ4n) is 2.69. The Morgan fingerprint density at radius 2 is 1.90 bits per heavy atom. The number of nitrogens with zero attached hydrogens (tertiary/aromatic N) is 1. The van der Waals surface area contributed by atoms with Crippen LogP contribution >= 0.6 is 0 Å². The second kappa shape index (κ2) is 9.29. The highest BCUT2D eigenvalue weighted by atomic mass is 16.5. The van der Waals surface area contributed by atoms with Crippen LogP contribution in [0.15, 0.2) is 65.1 Å². The van der Waals surface area contributed by atoms with Crippen LogP contribution < -0.4 is 9.47 Å². The molecule has 0 bridgehead atoms. The average molecular weight is 389 g/mol. The lowest BCUT2D eigenvalue weighted by Gasteiger charge is -2.12. The number of carboxylic acids is 1. The van der Waals surface area contributed by atoms with Crippen molar-refractivity contribution in [2.45, 2.75) is 13.5 Å². The summed E-state index contributed by atoms with van der Waals surface area (Å²) in [5.74, 6) is 0.143. The van der Waals surface area contributed by atoms with E-state index in [1.54, 1.807) is 24.3 Å². The molecule has 0 aliphatic heterocycles. The number of carboxylic acid groups (broad SMARTS) is 1. The molecule has 0 saturated carbocycles. The quantitative estimate of drug-likeness (QED) is 0.429. The van der Waals surface area contributed by atoms with Gasteiger partial charge in [0.15, 0.2) is 11.5 Å². The number of furan rings is 1. The van der Waals surface area contributed by atoms with Crippen molar-refractivity contribution in [3.8, 4) is 17.6 Å². The zero-order chi connectivity index (χ0) is 20.6. The van der Waals surface area contributed by atoms with Gasteiger partial charge < -0.3 is 19.0 Å². The molecule has 146 valence electrons. The summed E-state index contributed by atoms with van der Waals surface area (Å²) in [5, 5.41) is 18.4. The summed E-state index contributed by atoms with van der Waals surface area (Å²) in [7, 11) is 0. The number of aromatic carboxylic acids is 1. The number of hydrogen-bond acceptors (Lipinski definition) is 5. The van der Waals surface area contributed by atoms with Crippen molar-refractivity contribution in [3.05, 3.63) is 83.3 Å². The summed E-state index contributed by atoms with van der Waals surface area (Å²) >= 11 is 0. The Balaban J connectivity index is 1.81. The minimum atomic E-state index is -1.13. The Morgan fingerprint density at radius 3 is 2.55 bits per heavy atom. The molecule has 3 rings (SSSR count). The van der Waals surface area contributed by atoms with E-state index in [4.69, 9.17) is 19.0 Å². The van der Waals surface area contributed by atoms with Crippen LogP contribution in [0.25, 0.3) is 11.6 Å². The van der Waals surface area contributed by atoms with Crippen LogP contribution in [0, 0.1) is 11.3 Å². The maximum atomic E-state index is 10.9. The molecule has 1 heterocycles. The van der Waals surface area contributed by atoms with Gasteiger partial charge in [0, 0.05) is 0 Å². The third-order valence-electron chi connectivity index (χ3n) is 4.03. The summed E-state index contributed by atoms with van der Waals surface area (Å²) < 4.78 is 16.6. The van der Waals surface area contributed by atoms with Gasteiger partial charge in [-0.05, 0) is 48.4 Å². The molecule has 0 fully saturated rings. The number of allylic oxidation sites excluding steroid dienone is 1. The monoisotopic (exact) mass is 389 g/mol. The van der Waals surface area contributed by atoms with Crippen LogP contribution in [0.3, 0.4) is 0 Å². The van der Waals surface area contributed by atoms with E-state index in [1.807, 2.05) is 43.3 Å². The Labute approximate surface area is 168 Å². The van der Waals surface area contributed by atoms with E-state index in [9.17, 15) is 10.1 Å². The predicted octanol–water partition coefficient (Wildman–Crippen LogP) is 5.02. The van der Waals surface area contributed by atoms with Crippen molar-refractivity contribution in [2.75, 3.05) is 6.61 Å². The number of benzene rings is 2. The van der Waals surface area contributed by atoms with E-state index in [2.05, 4.69) is 6.07 Å². The van der Waals surface area contributed by atoms with Gasteiger partial charge in [0.05, 0.1) is 18.2 Å². The summed E-state index contributed by atoms with van der Waals surface area (Å²) in [6, 6.07) is 19.9. The molecular formula is C23H19NO5. The Hall–Kier alpha value is -3.98. The van der Waals surface area contributed by atoms with E-state index in [-0.39, 0.29) is 12.4 Å². The van der Waals surface area contributed by atoms with Gasteiger partial charge in [-0.25, -0.2) is 4.79 Å². The molecule has 1 N–H and O–H groups in total. The highest BCUT2D eigenvalue weighted by Gasteiger charge is 2.11. The zero-order valence-corrected chi connectivity index (χ0v) is 15.8. The largest absolute Gasteiger partial charge is 0.490 e. The van der Waals surface area contributed by atoms with Crippen molar-refractivity contribution in [3.63, 3.8) is 0 Å². The smallest absolute Gasteiger partial charge is 0.371 e. The van der Waals surface area contributed by atoms with Gasteiger partial charge in [0.25, 0.3) is 0 Å². The molecule has 0 unspecified atom stereocenters. The lowest BCUT2D eigenvalue weighted by molar-refractivity contribution is 0.0658. The molecule has 0 radical (unpaired) electrons. The molecule has 0 amide bonds. The van der Waals surface area contributed by atoms with E-state index in [0.717, 1.165) is 11.1 Å². The minimum Gasteiger partial charge on any atom is -0.490 e. The first-order valence-electron chi connectivity index (χ1n) is 8.99. The average Bonchev–Trinajstić information content (AvgIpc) is 3.22. The van der Waals surface area contributed by atoms with E-state index >= 15 is 0 Å². The highest BCUT2D eigenvalue weighted by Crippen LogP contribution is 2.31. The van der Waals surface area contributed by atoms with Crippen molar-refractivity contribution >= 4 is 17.6 Å². The number of rotatable bonds is 8. The molecular weight excluding hydrogens is 370 g/mol. The Bertz CT molecular complexity index is 1060. The molecule has 0 aliphatic carbocycles. The van der Waals surface area contributed by atoms with Crippen LogP contribution in [-0.2, 0) is 6.61 Å². The third-order valence-corrected chi connectivity index (χ3v) is 4.03. The number of carbonyl (C=O) groups is 1. The van der Waals surface area contributed by atoms with Gasteiger partial charge in [-0.3, -0.25) is 0 Å². The lowest BCUT2D eigenvalue weighted by atomic mass is 10.0. The van der Waals surface area contributed by atoms with Crippen LogP contribution in [-0.4, -0.2) is 17.7 Å². The standard InChI is InChI=1S/C23H19NO5/c1-2-27-22-13-16(12-18(14-24)17-6-4-3-5-7-17)8-10-20(22)28-15-19-9-11-21(29-19)23(25)26/h3-13H,2,15H2,1H3,(H,25,26). The Morgan fingerprint density at radius 1 is 1.10 bits per heavy atom. The highest BCUT2D eigenvalue weighted by molar-refractivity contribution is 5.89. The minimum absolute atomic E-state index is 0.0655. The maximum Gasteiger partial charge on any atom is 0.371 e. The van der Waals surface area contributed by atoms with Crippen LogP contribution in [0.4, 0.5) is 0 Å². The van der Waals surface area contributed by atoms with E-state index in [0.29, 0.717) is 29.4 Å². The summed E-state index contributed by atoms with van der Waals surface area (Å²) in [4.78, 5) is 10.9. The van der Waals surface area contributed by atoms with Gasteiger partial charge in [0.1, 0.15) is 12.4 Å². The van der Waals surface area contributed by atoms with E-state index in [1.165, 1.54) is 6.07 Å². The molecule has 2 aromatic carbocycles. The van der Waals surface area contributed by atoms with Crippen LogP contribution in [0.2, 0.25) is 0 Å². The fourth-order valence-corrected chi connectivity index (χ4v) is 2.69. The van der Waals surface area contributed by atoms with E-state index < -0.39 is 5.97 Å². The maximum absolute atomic E-state index is 10.9. The Kier molecular flexibility index (Phi) is 6.33. The van der Waals surface area contributed by atoms with Gasteiger partial charge in [0.2, 0.25) is 5.76 Å². The second-order valence-corrected chi connectivity index (χ2v) is 6.03.